The number of hydrogen-bond acceptors (Lipinski definition) is 7. The van der Waals surface area contributed by atoms with Gasteiger partial charge in [-0.1, -0.05) is 0 Å². The van der Waals surface area contributed by atoms with Crippen molar-refractivity contribution in [3.8, 4) is 22.9 Å². The third kappa shape index (κ3) is 3.42. The number of rotatable bonds is 5. The maximum Gasteiger partial charge on any atom is 0.293 e. The molecule has 170 valence electrons. The molecular formula is C23H22FN5O4. The van der Waals surface area contributed by atoms with Crippen molar-refractivity contribution in [1.82, 2.24) is 14.5 Å². The summed E-state index contributed by atoms with van der Waals surface area (Å²) in [5, 5.41) is 0. The lowest BCUT2D eigenvalue weighted by molar-refractivity contribution is -0.125. The van der Waals surface area contributed by atoms with Gasteiger partial charge >= 0.3 is 0 Å². The first-order chi connectivity index (χ1) is 16.0. The van der Waals surface area contributed by atoms with Crippen LogP contribution in [-0.4, -0.2) is 33.2 Å². The van der Waals surface area contributed by atoms with Gasteiger partial charge in [0.1, 0.15) is 28.4 Å². The van der Waals surface area contributed by atoms with Gasteiger partial charge in [-0.2, -0.15) is 4.98 Å². The molecule has 0 unspecified atom stereocenters. The van der Waals surface area contributed by atoms with Crippen molar-refractivity contribution < 1.29 is 23.1 Å². The Hall–Kier alpha value is -3.82. The van der Waals surface area contributed by atoms with E-state index in [0.717, 1.165) is 31.2 Å². The average molecular weight is 451 g/mol. The summed E-state index contributed by atoms with van der Waals surface area (Å²) in [4.78, 5) is 20.7. The molecule has 2 aromatic carbocycles. The lowest BCUT2D eigenvalue weighted by atomic mass is 10.1. The molecule has 1 fully saturated rings. The first-order valence-corrected chi connectivity index (χ1v) is 11.0. The summed E-state index contributed by atoms with van der Waals surface area (Å²) in [5.41, 5.74) is 13.5. The van der Waals surface area contributed by atoms with Crippen LogP contribution in [0, 0.1) is 11.7 Å². The van der Waals surface area contributed by atoms with Gasteiger partial charge in [-0.3, -0.25) is 4.79 Å². The maximum atomic E-state index is 14.7. The van der Waals surface area contributed by atoms with E-state index in [2.05, 4.69) is 4.98 Å². The lowest BCUT2D eigenvalue weighted by Crippen LogP contribution is -2.35. The number of hydrogen-bond donors (Lipinski definition) is 2. The fourth-order valence-electron chi connectivity index (χ4n) is 4.45. The summed E-state index contributed by atoms with van der Waals surface area (Å²) in [6.45, 7) is 1.24. The van der Waals surface area contributed by atoms with Gasteiger partial charge in [-0.25, -0.2) is 9.37 Å². The van der Waals surface area contributed by atoms with Gasteiger partial charge < -0.3 is 29.9 Å². The average Bonchev–Trinajstić information content (AvgIpc) is 3.42. The number of primary amides is 1. The fourth-order valence-corrected chi connectivity index (χ4v) is 4.45. The smallest absolute Gasteiger partial charge is 0.293 e. The normalized spacial score (nSPS) is 16.9. The van der Waals surface area contributed by atoms with Crippen molar-refractivity contribution in [2.75, 3.05) is 12.3 Å². The number of anilines is 1. The minimum atomic E-state index is -0.682. The predicted octanol–water partition coefficient (Wildman–Crippen LogP) is 3.38. The molecule has 1 amide bonds. The Kier molecular flexibility index (Phi) is 4.42. The van der Waals surface area contributed by atoms with Crippen LogP contribution in [0.3, 0.4) is 0 Å². The number of nitrogens with zero attached hydrogens (tertiary/aromatic N) is 3. The molecule has 10 heteroatoms. The van der Waals surface area contributed by atoms with E-state index in [1.807, 2.05) is 4.57 Å². The zero-order valence-electron chi connectivity index (χ0n) is 17.7. The number of benzene rings is 2. The molecule has 0 bridgehead atoms. The Balaban J connectivity index is 1.51. The SMILES string of the molecule is NC(=O)[C@H](Oc1cc2c3c(c1)nc(-c1cc(F)c4oc(N)nc4c1)n3CCCCO2)C1CC1. The summed E-state index contributed by atoms with van der Waals surface area (Å²) < 4.78 is 33.9. The highest BCUT2D eigenvalue weighted by atomic mass is 19.1. The summed E-state index contributed by atoms with van der Waals surface area (Å²) in [6.07, 6.45) is 2.88. The molecule has 6 rings (SSSR count). The van der Waals surface area contributed by atoms with Crippen LogP contribution >= 0.6 is 0 Å². The Morgan fingerprint density at radius 2 is 2.03 bits per heavy atom. The number of aromatic nitrogens is 3. The highest BCUT2D eigenvalue weighted by Gasteiger charge is 2.37. The number of imidazole rings is 1. The summed E-state index contributed by atoms with van der Waals surface area (Å²) in [7, 11) is 0. The van der Waals surface area contributed by atoms with Gasteiger partial charge in [-0.15, -0.1) is 0 Å². The van der Waals surface area contributed by atoms with Gasteiger partial charge in [0.2, 0.25) is 0 Å². The van der Waals surface area contributed by atoms with E-state index < -0.39 is 17.8 Å². The van der Waals surface area contributed by atoms with Crippen LogP contribution < -0.4 is 20.9 Å². The minimum absolute atomic E-state index is 0.0114. The van der Waals surface area contributed by atoms with Gasteiger partial charge in [0.15, 0.2) is 17.5 Å². The van der Waals surface area contributed by atoms with Crippen LogP contribution in [0.2, 0.25) is 0 Å². The number of nitrogen functional groups attached to an aromatic ring is 1. The summed E-state index contributed by atoms with van der Waals surface area (Å²) in [5.74, 6) is 0.738. The van der Waals surface area contributed by atoms with Crippen molar-refractivity contribution >= 4 is 34.1 Å². The van der Waals surface area contributed by atoms with E-state index in [-0.39, 0.29) is 17.5 Å². The molecule has 2 aromatic heterocycles. The van der Waals surface area contributed by atoms with Crippen LogP contribution in [0.1, 0.15) is 25.7 Å². The largest absolute Gasteiger partial charge is 0.491 e. The number of carbonyl (C=O) groups is 1. The number of halogens is 1. The Morgan fingerprint density at radius 1 is 1.18 bits per heavy atom. The minimum Gasteiger partial charge on any atom is -0.491 e. The van der Waals surface area contributed by atoms with E-state index in [0.29, 0.717) is 47.1 Å². The molecule has 1 atom stereocenters. The quantitative estimate of drug-likeness (QED) is 0.475. The molecule has 4 aromatic rings. The van der Waals surface area contributed by atoms with Crippen molar-refractivity contribution in [1.29, 1.82) is 0 Å². The number of carbonyl (C=O) groups excluding carboxylic acids is 1. The van der Waals surface area contributed by atoms with Crippen molar-refractivity contribution in [2.24, 2.45) is 11.7 Å². The molecular weight excluding hydrogens is 429 g/mol. The second-order valence-electron chi connectivity index (χ2n) is 8.57. The third-order valence-electron chi connectivity index (χ3n) is 6.13. The number of ether oxygens (including phenoxy) is 2. The predicted molar refractivity (Wildman–Crippen MR) is 118 cm³/mol. The van der Waals surface area contributed by atoms with Gasteiger partial charge in [0.25, 0.3) is 11.9 Å². The first-order valence-electron chi connectivity index (χ1n) is 11.0. The van der Waals surface area contributed by atoms with E-state index in [9.17, 15) is 9.18 Å². The zero-order valence-corrected chi connectivity index (χ0v) is 17.7. The Bertz CT molecular complexity index is 1410. The number of amides is 1. The van der Waals surface area contributed by atoms with Crippen LogP contribution in [-0.2, 0) is 11.3 Å². The summed E-state index contributed by atoms with van der Waals surface area (Å²) >= 11 is 0. The van der Waals surface area contributed by atoms with Crippen molar-refractivity contribution in [3.05, 3.63) is 30.1 Å². The molecule has 0 saturated heterocycles. The molecule has 9 nitrogen and oxygen atoms in total. The maximum absolute atomic E-state index is 14.7. The molecule has 0 radical (unpaired) electrons. The van der Waals surface area contributed by atoms with Crippen molar-refractivity contribution in [3.63, 3.8) is 0 Å². The fraction of sp³-hybridized carbons (Fsp3) is 0.348. The molecule has 4 N–H and O–H groups in total. The molecule has 3 heterocycles. The topological polar surface area (TPSA) is 131 Å². The van der Waals surface area contributed by atoms with Crippen LogP contribution in [0.15, 0.2) is 28.7 Å². The number of oxazole rings is 1. The highest BCUT2D eigenvalue weighted by Crippen LogP contribution is 2.40. The van der Waals surface area contributed by atoms with Gasteiger partial charge in [-0.05, 0) is 37.8 Å². The van der Waals surface area contributed by atoms with E-state index in [1.54, 1.807) is 18.2 Å². The van der Waals surface area contributed by atoms with Crippen LogP contribution in [0.4, 0.5) is 10.4 Å². The van der Waals surface area contributed by atoms with E-state index in [4.69, 9.17) is 30.3 Å². The second kappa shape index (κ2) is 7.36. The Morgan fingerprint density at radius 3 is 2.82 bits per heavy atom. The van der Waals surface area contributed by atoms with Crippen LogP contribution in [0.5, 0.6) is 11.5 Å². The molecule has 0 spiro atoms. The number of fused-ring (bicyclic) bond motifs is 1. The van der Waals surface area contributed by atoms with Gasteiger partial charge in [0.05, 0.1) is 12.1 Å². The zero-order chi connectivity index (χ0) is 22.7. The molecule has 33 heavy (non-hydrogen) atoms. The monoisotopic (exact) mass is 451 g/mol. The molecule has 1 aliphatic carbocycles. The third-order valence-corrected chi connectivity index (χ3v) is 6.13. The van der Waals surface area contributed by atoms with Gasteiger partial charge in [0, 0.05) is 30.2 Å². The molecule has 1 aliphatic heterocycles. The standard InChI is InChI=1S/C23H22FN5O4/c24-14-7-12(8-16-20(14)33-23(26)28-16)22-27-15-9-13(32-19(21(25)30)11-3-4-11)10-17-18(15)29(22)5-1-2-6-31-17/h7-11,19H,1-6H2,(H2,25,30)(H2,26,28)/t19-/m1/s1. The van der Waals surface area contributed by atoms with E-state index >= 15 is 0 Å². The first kappa shape index (κ1) is 19.8. The molecule has 2 aliphatic rings. The second-order valence-corrected chi connectivity index (χ2v) is 8.57. The van der Waals surface area contributed by atoms with Crippen molar-refractivity contribution in [2.45, 2.75) is 38.3 Å². The van der Waals surface area contributed by atoms with E-state index in [1.165, 1.54) is 6.07 Å². The molecule has 1 saturated carbocycles. The lowest BCUT2D eigenvalue weighted by Gasteiger charge is -2.19. The number of aryl methyl sites for hydroxylation is 1. The summed E-state index contributed by atoms with van der Waals surface area (Å²) in [6, 6.07) is 6.52. The van der Waals surface area contributed by atoms with Crippen LogP contribution in [0.25, 0.3) is 33.5 Å². The Labute approximate surface area is 187 Å². The number of nitrogens with two attached hydrogens (primary N) is 2. The highest BCUT2D eigenvalue weighted by molar-refractivity contribution is 5.89.